The monoisotopic (exact) mass is 290 g/mol. The second-order valence-corrected chi connectivity index (χ2v) is 5.37. The van der Waals surface area contributed by atoms with Gasteiger partial charge in [0.05, 0.1) is 17.0 Å². The number of rotatable bonds is 4. The van der Waals surface area contributed by atoms with E-state index in [1.165, 1.54) is 0 Å². The normalized spacial score (nSPS) is 12.9. The summed E-state index contributed by atoms with van der Waals surface area (Å²) >= 11 is 9.77. The number of ether oxygens (including phenoxy) is 1. The van der Waals surface area contributed by atoms with Gasteiger partial charge in [-0.2, -0.15) is 0 Å². The van der Waals surface area contributed by atoms with Crippen LogP contribution in [0, 0.1) is 5.92 Å². The zero-order valence-corrected chi connectivity index (χ0v) is 11.6. The maximum atomic E-state index is 6.31. The Morgan fingerprint density at radius 2 is 2.07 bits per heavy atom. The van der Waals surface area contributed by atoms with Crippen LogP contribution in [0.25, 0.3) is 0 Å². The third-order valence-corrected chi connectivity index (χ3v) is 3.27. The molecule has 0 amide bonds. The van der Waals surface area contributed by atoms with E-state index in [0.717, 1.165) is 22.2 Å². The highest BCUT2D eigenvalue weighted by atomic mass is 79.9. The Bertz CT molecular complexity index is 325. The van der Waals surface area contributed by atoms with Crippen LogP contribution in [0.1, 0.15) is 31.2 Å². The maximum Gasteiger partial charge on any atom is 0.133 e. The lowest BCUT2D eigenvalue weighted by atomic mass is 10.0. The molecule has 1 aromatic carbocycles. The summed E-state index contributed by atoms with van der Waals surface area (Å²) in [5.74, 6) is 1.44. The van der Waals surface area contributed by atoms with Crippen molar-refractivity contribution in [1.82, 2.24) is 0 Å². The Kier molecular flexibility index (Phi) is 4.94. The predicted molar refractivity (Wildman–Crippen MR) is 68.7 cm³/mol. The van der Waals surface area contributed by atoms with E-state index in [0.29, 0.717) is 5.92 Å². The molecule has 0 saturated carbocycles. The number of benzene rings is 1. The van der Waals surface area contributed by atoms with Crippen LogP contribution in [-0.4, -0.2) is 7.11 Å². The highest BCUT2D eigenvalue weighted by molar-refractivity contribution is 9.10. The van der Waals surface area contributed by atoms with E-state index < -0.39 is 0 Å². The molecule has 1 atom stereocenters. The first kappa shape index (κ1) is 12.9. The lowest BCUT2D eigenvalue weighted by molar-refractivity contribution is 0.412. The van der Waals surface area contributed by atoms with Crippen LogP contribution in [0.3, 0.4) is 0 Å². The highest BCUT2D eigenvalue weighted by Crippen LogP contribution is 2.33. The van der Waals surface area contributed by atoms with Gasteiger partial charge >= 0.3 is 0 Å². The lowest BCUT2D eigenvalue weighted by Gasteiger charge is -2.13. The van der Waals surface area contributed by atoms with Gasteiger partial charge in [-0.1, -0.05) is 19.9 Å². The summed E-state index contributed by atoms with van der Waals surface area (Å²) in [4.78, 5) is 0. The first-order valence-corrected chi connectivity index (χ1v) is 6.25. The van der Waals surface area contributed by atoms with Crippen molar-refractivity contribution in [2.24, 2.45) is 5.92 Å². The van der Waals surface area contributed by atoms with E-state index in [1.54, 1.807) is 7.11 Å². The summed E-state index contributed by atoms with van der Waals surface area (Å²) in [6.07, 6.45) is 0.986. The molecule has 1 rings (SSSR count). The zero-order chi connectivity index (χ0) is 11.4. The Labute approximate surface area is 105 Å². The molecule has 0 N–H and O–H groups in total. The fourth-order valence-electron chi connectivity index (χ4n) is 1.43. The molecule has 0 radical (unpaired) electrons. The Morgan fingerprint density at radius 3 is 2.53 bits per heavy atom. The molecule has 15 heavy (non-hydrogen) atoms. The van der Waals surface area contributed by atoms with Crippen molar-refractivity contribution in [2.45, 2.75) is 25.6 Å². The average molecular weight is 292 g/mol. The van der Waals surface area contributed by atoms with Gasteiger partial charge < -0.3 is 4.74 Å². The average Bonchev–Trinajstić information content (AvgIpc) is 2.16. The van der Waals surface area contributed by atoms with Crippen LogP contribution in [0.4, 0.5) is 0 Å². The van der Waals surface area contributed by atoms with Gasteiger partial charge in [0, 0.05) is 0 Å². The van der Waals surface area contributed by atoms with E-state index in [2.05, 4.69) is 29.8 Å². The quantitative estimate of drug-likeness (QED) is 0.725. The van der Waals surface area contributed by atoms with Crippen molar-refractivity contribution in [3.8, 4) is 5.75 Å². The molecule has 1 aromatic rings. The van der Waals surface area contributed by atoms with Crippen LogP contribution >= 0.6 is 27.5 Å². The number of halogens is 2. The van der Waals surface area contributed by atoms with E-state index in [1.807, 2.05) is 18.2 Å². The fourth-order valence-corrected chi connectivity index (χ4v) is 2.48. The summed E-state index contributed by atoms with van der Waals surface area (Å²) in [6, 6.07) is 5.98. The summed E-state index contributed by atoms with van der Waals surface area (Å²) in [7, 11) is 1.66. The molecule has 3 heteroatoms. The van der Waals surface area contributed by atoms with Crippen molar-refractivity contribution in [3.05, 3.63) is 28.2 Å². The van der Waals surface area contributed by atoms with Crippen LogP contribution < -0.4 is 4.74 Å². The third kappa shape index (κ3) is 3.69. The topological polar surface area (TPSA) is 9.23 Å². The number of alkyl halides is 1. The van der Waals surface area contributed by atoms with Crippen molar-refractivity contribution in [1.29, 1.82) is 0 Å². The van der Waals surface area contributed by atoms with Gasteiger partial charge in [-0.15, -0.1) is 11.6 Å². The summed E-state index contributed by atoms with van der Waals surface area (Å²) < 4.78 is 6.13. The van der Waals surface area contributed by atoms with Crippen LogP contribution in [-0.2, 0) is 0 Å². The smallest absolute Gasteiger partial charge is 0.133 e. The molecule has 1 unspecified atom stereocenters. The van der Waals surface area contributed by atoms with Crippen molar-refractivity contribution >= 4 is 27.5 Å². The first-order valence-electron chi connectivity index (χ1n) is 5.02. The molecular weight excluding hydrogens is 275 g/mol. The molecule has 0 saturated heterocycles. The minimum atomic E-state index is 0.0761. The summed E-state index contributed by atoms with van der Waals surface area (Å²) in [6.45, 7) is 4.35. The van der Waals surface area contributed by atoms with Gasteiger partial charge in [0.25, 0.3) is 0 Å². The second kappa shape index (κ2) is 5.76. The molecule has 1 nitrogen and oxygen atoms in total. The summed E-state index contributed by atoms with van der Waals surface area (Å²) in [5.41, 5.74) is 1.14. The standard InChI is InChI=1S/C12H16BrClO/c1-8(2)6-11(14)9-4-5-12(15-3)10(13)7-9/h4-5,7-8,11H,6H2,1-3H3. The minimum Gasteiger partial charge on any atom is -0.496 e. The zero-order valence-electron chi connectivity index (χ0n) is 9.26. The van der Waals surface area contributed by atoms with Crippen molar-refractivity contribution in [3.63, 3.8) is 0 Å². The summed E-state index contributed by atoms with van der Waals surface area (Å²) in [5, 5.41) is 0.0761. The van der Waals surface area contributed by atoms with E-state index in [4.69, 9.17) is 16.3 Å². The SMILES string of the molecule is COc1ccc(C(Cl)CC(C)C)cc1Br. The van der Waals surface area contributed by atoms with Crippen LogP contribution in [0.15, 0.2) is 22.7 Å². The van der Waals surface area contributed by atoms with Gasteiger partial charge in [0.2, 0.25) is 0 Å². The predicted octanol–water partition coefficient (Wildman–Crippen LogP) is 4.78. The minimum absolute atomic E-state index is 0.0761. The lowest BCUT2D eigenvalue weighted by Crippen LogP contribution is -1.97. The van der Waals surface area contributed by atoms with E-state index in [9.17, 15) is 0 Å². The Morgan fingerprint density at radius 1 is 1.40 bits per heavy atom. The van der Waals surface area contributed by atoms with Crippen molar-refractivity contribution < 1.29 is 4.74 Å². The van der Waals surface area contributed by atoms with Crippen LogP contribution in [0.2, 0.25) is 0 Å². The van der Waals surface area contributed by atoms with Crippen LogP contribution in [0.5, 0.6) is 5.75 Å². The molecule has 0 fully saturated rings. The molecule has 0 aliphatic heterocycles. The molecule has 0 heterocycles. The molecular formula is C12H16BrClO. The van der Waals surface area contributed by atoms with Gasteiger partial charge in [-0.3, -0.25) is 0 Å². The first-order chi connectivity index (χ1) is 7.04. The number of methoxy groups -OCH3 is 1. The van der Waals surface area contributed by atoms with Gasteiger partial charge in [-0.25, -0.2) is 0 Å². The molecule has 84 valence electrons. The number of hydrogen-bond donors (Lipinski definition) is 0. The highest BCUT2D eigenvalue weighted by Gasteiger charge is 2.11. The van der Waals surface area contributed by atoms with Crippen molar-refractivity contribution in [2.75, 3.05) is 7.11 Å². The second-order valence-electron chi connectivity index (χ2n) is 3.99. The fraction of sp³-hybridized carbons (Fsp3) is 0.500. The largest absolute Gasteiger partial charge is 0.496 e. The van der Waals surface area contributed by atoms with Gasteiger partial charge in [-0.05, 0) is 46.0 Å². The number of hydrogen-bond acceptors (Lipinski definition) is 1. The maximum absolute atomic E-state index is 6.31. The van der Waals surface area contributed by atoms with E-state index in [-0.39, 0.29) is 5.38 Å². The van der Waals surface area contributed by atoms with Gasteiger partial charge in [0.15, 0.2) is 0 Å². The molecule has 0 spiro atoms. The molecule has 0 bridgehead atoms. The van der Waals surface area contributed by atoms with E-state index >= 15 is 0 Å². The molecule has 0 aromatic heterocycles. The Hall–Kier alpha value is -0.210. The Balaban J connectivity index is 2.82. The molecule has 0 aliphatic rings. The molecule has 0 aliphatic carbocycles. The third-order valence-electron chi connectivity index (χ3n) is 2.22. The van der Waals surface area contributed by atoms with Gasteiger partial charge in [0.1, 0.15) is 5.75 Å².